The fourth-order valence-corrected chi connectivity index (χ4v) is 1.59. The van der Waals surface area contributed by atoms with Crippen LogP contribution < -0.4 is 0 Å². The van der Waals surface area contributed by atoms with Gasteiger partial charge in [-0.3, -0.25) is 0 Å². The highest BCUT2D eigenvalue weighted by atomic mass is 16.5. The third kappa shape index (κ3) is 6.23. The van der Waals surface area contributed by atoms with Crippen LogP contribution in [0.25, 0.3) is 0 Å². The summed E-state index contributed by atoms with van der Waals surface area (Å²) < 4.78 is 9.26. The van der Waals surface area contributed by atoms with Crippen molar-refractivity contribution in [3.8, 4) is 0 Å². The summed E-state index contributed by atoms with van der Waals surface area (Å²) in [7, 11) is 2.68. The van der Waals surface area contributed by atoms with Crippen LogP contribution in [0.2, 0.25) is 0 Å². The van der Waals surface area contributed by atoms with Crippen LogP contribution in [0.4, 0.5) is 0 Å². The SMILES string of the molecule is CCCC(=C/C(=O)OC)/C(=C/C(=O)OC)CCC. The molecule has 0 atom stereocenters. The Kier molecular flexibility index (Phi) is 8.62. The second kappa shape index (κ2) is 9.45. The van der Waals surface area contributed by atoms with Gasteiger partial charge in [-0.25, -0.2) is 9.59 Å². The molecule has 0 spiro atoms. The van der Waals surface area contributed by atoms with E-state index in [1.54, 1.807) is 0 Å². The van der Waals surface area contributed by atoms with Gasteiger partial charge in [0, 0.05) is 12.2 Å². The van der Waals surface area contributed by atoms with Gasteiger partial charge in [-0.15, -0.1) is 0 Å². The van der Waals surface area contributed by atoms with Gasteiger partial charge < -0.3 is 9.47 Å². The maximum atomic E-state index is 11.3. The van der Waals surface area contributed by atoms with E-state index in [2.05, 4.69) is 9.47 Å². The fraction of sp³-hybridized carbons (Fsp3) is 0.571. The van der Waals surface area contributed by atoms with Crippen LogP contribution in [0.3, 0.4) is 0 Å². The normalized spacial score (nSPS) is 12.2. The summed E-state index contributed by atoms with van der Waals surface area (Å²) in [5.41, 5.74) is 1.69. The molecule has 0 rings (SSSR count). The minimum atomic E-state index is -0.398. The number of carbonyl (C=O) groups excluding carboxylic acids is 2. The van der Waals surface area contributed by atoms with Crippen molar-refractivity contribution in [2.45, 2.75) is 39.5 Å². The van der Waals surface area contributed by atoms with Gasteiger partial charge in [0.25, 0.3) is 0 Å². The lowest BCUT2D eigenvalue weighted by atomic mass is 9.96. The first-order chi connectivity index (χ1) is 8.58. The number of hydrogen-bond acceptors (Lipinski definition) is 4. The number of hydrogen-bond donors (Lipinski definition) is 0. The number of methoxy groups -OCH3 is 2. The molecular formula is C14H22O4. The Morgan fingerprint density at radius 2 is 1.17 bits per heavy atom. The molecule has 18 heavy (non-hydrogen) atoms. The molecule has 0 radical (unpaired) electrons. The summed E-state index contributed by atoms with van der Waals surface area (Å²) in [6.07, 6.45) is 6.16. The molecule has 0 aliphatic carbocycles. The number of rotatable bonds is 7. The minimum absolute atomic E-state index is 0.398. The summed E-state index contributed by atoms with van der Waals surface area (Å²) in [4.78, 5) is 22.6. The van der Waals surface area contributed by atoms with Crippen molar-refractivity contribution >= 4 is 11.9 Å². The van der Waals surface area contributed by atoms with Crippen molar-refractivity contribution in [1.82, 2.24) is 0 Å². The second-order valence-corrected chi connectivity index (χ2v) is 3.89. The molecule has 0 aliphatic heterocycles. The van der Waals surface area contributed by atoms with E-state index < -0.39 is 11.9 Å². The van der Waals surface area contributed by atoms with Crippen molar-refractivity contribution in [2.75, 3.05) is 14.2 Å². The molecule has 0 aromatic heterocycles. The molecule has 0 bridgehead atoms. The van der Waals surface area contributed by atoms with Crippen LogP contribution in [-0.4, -0.2) is 26.2 Å². The summed E-state index contributed by atoms with van der Waals surface area (Å²) in [6.45, 7) is 4.04. The lowest BCUT2D eigenvalue weighted by molar-refractivity contribution is -0.135. The first-order valence-electron chi connectivity index (χ1n) is 6.16. The average Bonchev–Trinajstić information content (AvgIpc) is 2.37. The molecule has 0 saturated carbocycles. The zero-order valence-corrected chi connectivity index (χ0v) is 11.6. The molecule has 0 aromatic carbocycles. The van der Waals surface area contributed by atoms with E-state index in [4.69, 9.17) is 0 Å². The number of carbonyl (C=O) groups is 2. The van der Waals surface area contributed by atoms with Gasteiger partial charge in [0.15, 0.2) is 0 Å². The summed E-state index contributed by atoms with van der Waals surface area (Å²) in [5, 5.41) is 0. The summed E-state index contributed by atoms with van der Waals surface area (Å²) in [6, 6.07) is 0. The number of esters is 2. The molecule has 0 aliphatic rings. The van der Waals surface area contributed by atoms with E-state index in [0.29, 0.717) is 0 Å². The van der Waals surface area contributed by atoms with E-state index in [9.17, 15) is 9.59 Å². The van der Waals surface area contributed by atoms with E-state index in [-0.39, 0.29) is 0 Å². The molecule has 4 nitrogen and oxygen atoms in total. The van der Waals surface area contributed by atoms with Gasteiger partial charge in [0.05, 0.1) is 14.2 Å². The van der Waals surface area contributed by atoms with Gasteiger partial charge in [-0.1, -0.05) is 26.7 Å². The Hall–Kier alpha value is -1.58. The van der Waals surface area contributed by atoms with E-state index in [1.807, 2.05) is 13.8 Å². The molecular weight excluding hydrogens is 232 g/mol. The molecule has 0 heterocycles. The first-order valence-corrected chi connectivity index (χ1v) is 6.16. The van der Waals surface area contributed by atoms with E-state index >= 15 is 0 Å². The Morgan fingerprint density at radius 3 is 1.39 bits per heavy atom. The third-order valence-electron chi connectivity index (χ3n) is 2.44. The Labute approximate surface area is 109 Å². The third-order valence-corrected chi connectivity index (χ3v) is 2.44. The average molecular weight is 254 g/mol. The zero-order chi connectivity index (χ0) is 14.0. The maximum Gasteiger partial charge on any atom is 0.330 e. The molecule has 4 heteroatoms. The largest absolute Gasteiger partial charge is 0.466 e. The van der Waals surface area contributed by atoms with Gasteiger partial charge in [0.1, 0.15) is 0 Å². The Morgan fingerprint density at radius 1 is 0.833 bits per heavy atom. The molecule has 0 fully saturated rings. The monoisotopic (exact) mass is 254 g/mol. The van der Waals surface area contributed by atoms with Gasteiger partial charge in [0.2, 0.25) is 0 Å². The lowest BCUT2D eigenvalue weighted by Crippen LogP contribution is -2.03. The zero-order valence-electron chi connectivity index (χ0n) is 11.6. The van der Waals surface area contributed by atoms with Crippen molar-refractivity contribution < 1.29 is 19.1 Å². The van der Waals surface area contributed by atoms with Gasteiger partial charge >= 0.3 is 11.9 Å². The minimum Gasteiger partial charge on any atom is -0.466 e. The fourth-order valence-electron chi connectivity index (χ4n) is 1.59. The highest BCUT2D eigenvalue weighted by Gasteiger charge is 2.09. The molecule has 0 amide bonds. The van der Waals surface area contributed by atoms with Crippen LogP contribution >= 0.6 is 0 Å². The molecule has 0 unspecified atom stereocenters. The highest BCUT2D eigenvalue weighted by molar-refractivity contribution is 5.86. The van der Waals surface area contributed by atoms with Gasteiger partial charge in [-0.2, -0.15) is 0 Å². The lowest BCUT2D eigenvalue weighted by Gasteiger charge is -2.10. The first kappa shape index (κ1) is 16.4. The summed E-state index contributed by atoms with van der Waals surface area (Å²) in [5.74, 6) is -0.796. The van der Waals surface area contributed by atoms with Crippen molar-refractivity contribution in [2.24, 2.45) is 0 Å². The van der Waals surface area contributed by atoms with E-state index in [0.717, 1.165) is 36.8 Å². The van der Waals surface area contributed by atoms with Crippen molar-refractivity contribution in [3.63, 3.8) is 0 Å². The maximum absolute atomic E-state index is 11.3. The number of ether oxygens (including phenoxy) is 2. The standard InChI is InChI=1S/C14H22O4/c1-5-7-11(9-13(15)17-3)12(8-6-2)10-14(16)18-4/h9-10H,5-8H2,1-4H3/b11-9-,12-10+. The van der Waals surface area contributed by atoms with Crippen LogP contribution in [-0.2, 0) is 19.1 Å². The molecule has 0 N–H and O–H groups in total. The molecule has 0 saturated heterocycles. The predicted molar refractivity (Wildman–Crippen MR) is 70.0 cm³/mol. The Balaban J connectivity index is 5.22. The quantitative estimate of drug-likeness (QED) is 0.398. The topological polar surface area (TPSA) is 52.6 Å². The van der Waals surface area contributed by atoms with Crippen LogP contribution in [0.5, 0.6) is 0 Å². The van der Waals surface area contributed by atoms with Crippen molar-refractivity contribution in [1.29, 1.82) is 0 Å². The highest BCUT2D eigenvalue weighted by Crippen LogP contribution is 2.21. The summed E-state index contributed by atoms with van der Waals surface area (Å²) >= 11 is 0. The molecule has 102 valence electrons. The van der Waals surface area contributed by atoms with Crippen LogP contribution in [0, 0.1) is 0 Å². The van der Waals surface area contributed by atoms with E-state index in [1.165, 1.54) is 26.4 Å². The Bertz CT molecular complexity index is 306. The van der Waals surface area contributed by atoms with Crippen LogP contribution in [0.15, 0.2) is 23.3 Å². The predicted octanol–water partition coefficient (Wildman–Crippen LogP) is 2.79. The molecule has 0 aromatic rings. The van der Waals surface area contributed by atoms with Gasteiger partial charge in [-0.05, 0) is 24.0 Å². The van der Waals surface area contributed by atoms with Crippen molar-refractivity contribution in [3.05, 3.63) is 23.3 Å². The second-order valence-electron chi connectivity index (χ2n) is 3.89. The number of allylic oxidation sites excluding steroid dienone is 2. The van der Waals surface area contributed by atoms with Crippen LogP contribution in [0.1, 0.15) is 39.5 Å². The smallest absolute Gasteiger partial charge is 0.330 e.